The molecule has 5 heteroatoms. The summed E-state index contributed by atoms with van der Waals surface area (Å²) in [5.41, 5.74) is -0.709. The number of amides is 1. The van der Waals surface area contributed by atoms with Crippen LogP contribution in [0.25, 0.3) is 0 Å². The Morgan fingerprint density at radius 2 is 2.25 bits per heavy atom. The van der Waals surface area contributed by atoms with Gasteiger partial charge in [0.15, 0.2) is 0 Å². The summed E-state index contributed by atoms with van der Waals surface area (Å²) in [6, 6.07) is -0.657. The second kappa shape index (κ2) is 2.73. The van der Waals surface area contributed by atoms with Crippen LogP contribution in [0.3, 0.4) is 0 Å². The van der Waals surface area contributed by atoms with E-state index >= 15 is 0 Å². The Morgan fingerprint density at radius 1 is 1.67 bits per heavy atom. The topological polar surface area (TPSA) is 72.2 Å². The van der Waals surface area contributed by atoms with Crippen LogP contribution in [0.5, 0.6) is 0 Å². The first-order valence-electron chi connectivity index (χ1n) is 3.88. The fraction of sp³-hybridized carbons (Fsp3) is 0.857. The highest BCUT2D eigenvalue weighted by Gasteiger charge is 2.43. The molecule has 1 heterocycles. The summed E-state index contributed by atoms with van der Waals surface area (Å²) in [5.74, 6) is -0.0990. The van der Waals surface area contributed by atoms with Gasteiger partial charge in [-0.2, -0.15) is 0 Å². The van der Waals surface area contributed by atoms with Crippen LogP contribution in [0.15, 0.2) is 0 Å². The smallest absolute Gasteiger partial charge is 0.235 e. The summed E-state index contributed by atoms with van der Waals surface area (Å²) in [5, 5.41) is 13.1. The molecule has 1 saturated heterocycles. The van der Waals surface area contributed by atoms with E-state index in [4.69, 9.17) is 0 Å². The molecule has 1 atom stereocenters. The fourth-order valence-electron chi connectivity index (χ4n) is 1.50. The zero-order valence-electron chi connectivity index (χ0n) is 7.16. The SMILES string of the molecule is CC1(C)NC(=O)CC[C@@H]1[N+](=O)[O-]. The van der Waals surface area contributed by atoms with Crippen LogP contribution in [0.1, 0.15) is 26.7 Å². The minimum absolute atomic E-state index is 0.0990. The molecule has 1 fully saturated rings. The molecular formula is C7H12N2O3. The molecule has 0 unspecified atom stereocenters. The van der Waals surface area contributed by atoms with Gasteiger partial charge in [0.25, 0.3) is 0 Å². The van der Waals surface area contributed by atoms with Crippen LogP contribution in [0.2, 0.25) is 0 Å². The molecule has 1 amide bonds. The van der Waals surface area contributed by atoms with Gasteiger partial charge in [-0.1, -0.05) is 0 Å². The lowest BCUT2D eigenvalue weighted by molar-refractivity contribution is -0.535. The van der Waals surface area contributed by atoms with Gasteiger partial charge in [0.05, 0.1) is 0 Å². The van der Waals surface area contributed by atoms with Gasteiger partial charge in [0.1, 0.15) is 5.54 Å². The summed E-state index contributed by atoms with van der Waals surface area (Å²) < 4.78 is 0. The maximum atomic E-state index is 10.9. The van der Waals surface area contributed by atoms with E-state index in [1.165, 1.54) is 0 Å². The molecule has 0 aromatic carbocycles. The average molecular weight is 172 g/mol. The summed E-state index contributed by atoms with van der Waals surface area (Å²) >= 11 is 0. The standard InChI is InChI=1S/C7H12N2O3/c1-7(2)5(9(11)12)3-4-6(10)8-7/h5H,3-4H2,1-2H3,(H,8,10)/t5-/m0/s1. The first-order chi connectivity index (χ1) is 5.43. The Balaban J connectivity index is 2.77. The van der Waals surface area contributed by atoms with E-state index in [-0.39, 0.29) is 17.3 Å². The molecule has 0 saturated carbocycles. The van der Waals surface area contributed by atoms with E-state index < -0.39 is 11.6 Å². The molecular weight excluding hydrogens is 160 g/mol. The zero-order valence-corrected chi connectivity index (χ0v) is 7.16. The van der Waals surface area contributed by atoms with Crippen LogP contribution in [0, 0.1) is 10.1 Å². The number of nitro groups is 1. The molecule has 0 aromatic rings. The van der Waals surface area contributed by atoms with Gasteiger partial charge >= 0.3 is 0 Å². The number of carbonyl (C=O) groups is 1. The van der Waals surface area contributed by atoms with Crippen molar-refractivity contribution in [3.63, 3.8) is 0 Å². The lowest BCUT2D eigenvalue weighted by Crippen LogP contribution is -2.58. The van der Waals surface area contributed by atoms with E-state index in [0.29, 0.717) is 6.42 Å². The molecule has 0 bridgehead atoms. The highest BCUT2D eigenvalue weighted by molar-refractivity contribution is 5.77. The first kappa shape index (κ1) is 8.96. The van der Waals surface area contributed by atoms with Gasteiger partial charge in [-0.15, -0.1) is 0 Å². The Labute approximate surface area is 70.3 Å². The first-order valence-corrected chi connectivity index (χ1v) is 3.88. The van der Waals surface area contributed by atoms with Crippen molar-refractivity contribution < 1.29 is 9.72 Å². The summed E-state index contributed by atoms with van der Waals surface area (Å²) in [4.78, 5) is 21.1. The van der Waals surface area contributed by atoms with Crippen molar-refractivity contribution in [2.24, 2.45) is 0 Å². The minimum Gasteiger partial charge on any atom is -0.344 e. The van der Waals surface area contributed by atoms with Crippen molar-refractivity contribution in [3.8, 4) is 0 Å². The summed E-state index contributed by atoms with van der Waals surface area (Å²) in [6.45, 7) is 3.36. The highest BCUT2D eigenvalue weighted by Crippen LogP contribution is 2.21. The summed E-state index contributed by atoms with van der Waals surface area (Å²) in [6.07, 6.45) is 0.598. The van der Waals surface area contributed by atoms with Crippen LogP contribution in [-0.2, 0) is 4.79 Å². The second-order valence-electron chi connectivity index (χ2n) is 3.61. The number of nitrogens with zero attached hydrogens (tertiary/aromatic N) is 1. The maximum absolute atomic E-state index is 10.9. The highest BCUT2D eigenvalue weighted by atomic mass is 16.6. The van der Waals surface area contributed by atoms with Gasteiger partial charge in [-0.05, 0) is 13.8 Å². The number of rotatable bonds is 1. The fourth-order valence-corrected chi connectivity index (χ4v) is 1.50. The predicted octanol–water partition coefficient (Wildman–Crippen LogP) is 0.320. The number of hydrogen-bond acceptors (Lipinski definition) is 3. The van der Waals surface area contributed by atoms with Crippen LogP contribution in [0.4, 0.5) is 0 Å². The normalized spacial score (nSPS) is 27.8. The quantitative estimate of drug-likeness (QED) is 0.457. The number of carbonyl (C=O) groups excluding carboxylic acids is 1. The number of nitrogens with one attached hydrogen (secondary N) is 1. The Hall–Kier alpha value is -1.13. The monoisotopic (exact) mass is 172 g/mol. The van der Waals surface area contributed by atoms with E-state index in [1.807, 2.05) is 0 Å². The number of hydrogen-bond donors (Lipinski definition) is 1. The van der Waals surface area contributed by atoms with E-state index in [9.17, 15) is 14.9 Å². The van der Waals surface area contributed by atoms with Crippen molar-refractivity contribution >= 4 is 5.91 Å². The molecule has 68 valence electrons. The third-order valence-corrected chi connectivity index (χ3v) is 2.19. The lowest BCUT2D eigenvalue weighted by atomic mass is 9.87. The van der Waals surface area contributed by atoms with Gasteiger partial charge in [-0.25, -0.2) is 0 Å². The molecule has 5 nitrogen and oxygen atoms in total. The lowest BCUT2D eigenvalue weighted by Gasteiger charge is -2.32. The largest absolute Gasteiger partial charge is 0.344 e. The zero-order chi connectivity index (χ0) is 9.35. The van der Waals surface area contributed by atoms with Crippen LogP contribution in [-0.4, -0.2) is 22.4 Å². The molecule has 1 aliphatic heterocycles. The second-order valence-corrected chi connectivity index (χ2v) is 3.61. The molecule has 0 spiro atoms. The van der Waals surface area contributed by atoms with E-state index in [1.54, 1.807) is 13.8 Å². The van der Waals surface area contributed by atoms with Crippen molar-refractivity contribution in [3.05, 3.63) is 10.1 Å². The van der Waals surface area contributed by atoms with Gasteiger partial charge in [0.2, 0.25) is 11.9 Å². The van der Waals surface area contributed by atoms with Crippen LogP contribution < -0.4 is 5.32 Å². The minimum atomic E-state index is -0.709. The molecule has 0 aliphatic carbocycles. The van der Waals surface area contributed by atoms with Crippen molar-refractivity contribution in [2.45, 2.75) is 38.3 Å². The molecule has 1 aliphatic rings. The van der Waals surface area contributed by atoms with Crippen molar-refractivity contribution in [2.75, 3.05) is 0 Å². The molecule has 1 rings (SSSR count). The van der Waals surface area contributed by atoms with Gasteiger partial charge in [0, 0.05) is 17.8 Å². The maximum Gasteiger partial charge on any atom is 0.235 e. The Bertz CT molecular complexity index is 225. The van der Waals surface area contributed by atoms with E-state index in [2.05, 4.69) is 5.32 Å². The molecule has 0 radical (unpaired) electrons. The van der Waals surface area contributed by atoms with Crippen molar-refractivity contribution in [1.29, 1.82) is 0 Å². The van der Waals surface area contributed by atoms with Crippen molar-refractivity contribution in [1.82, 2.24) is 5.32 Å². The van der Waals surface area contributed by atoms with E-state index in [0.717, 1.165) is 0 Å². The third kappa shape index (κ3) is 1.54. The van der Waals surface area contributed by atoms with Crippen LogP contribution >= 0.6 is 0 Å². The molecule has 12 heavy (non-hydrogen) atoms. The predicted molar refractivity (Wildman–Crippen MR) is 42.2 cm³/mol. The Kier molecular flexibility index (Phi) is 2.04. The Morgan fingerprint density at radius 3 is 2.67 bits per heavy atom. The van der Waals surface area contributed by atoms with Gasteiger partial charge in [-0.3, -0.25) is 14.9 Å². The summed E-state index contributed by atoms with van der Waals surface area (Å²) in [7, 11) is 0. The average Bonchev–Trinajstić information content (AvgIpc) is 1.82. The number of piperidine rings is 1. The molecule has 1 N–H and O–H groups in total. The third-order valence-electron chi connectivity index (χ3n) is 2.19. The van der Waals surface area contributed by atoms with Gasteiger partial charge < -0.3 is 5.32 Å². The molecule has 0 aromatic heterocycles.